The van der Waals surface area contributed by atoms with Crippen LogP contribution in [0.1, 0.15) is 38.2 Å². The number of aryl methyl sites for hydroxylation is 1. The summed E-state index contributed by atoms with van der Waals surface area (Å²) in [7, 11) is 0. The summed E-state index contributed by atoms with van der Waals surface area (Å²) in [6, 6.07) is 4.76. The highest BCUT2D eigenvalue weighted by molar-refractivity contribution is 5.18. The minimum atomic E-state index is -0.762. The van der Waals surface area contributed by atoms with E-state index in [4.69, 9.17) is 0 Å². The van der Waals surface area contributed by atoms with Crippen LogP contribution in [0.2, 0.25) is 0 Å². The van der Waals surface area contributed by atoms with E-state index in [0.717, 1.165) is 37.3 Å². The van der Waals surface area contributed by atoms with Crippen LogP contribution in [0, 0.1) is 17.6 Å². The maximum absolute atomic E-state index is 13.1. The molecule has 0 aliphatic heterocycles. The molecule has 0 heterocycles. The van der Waals surface area contributed by atoms with Gasteiger partial charge in [0.1, 0.15) is 0 Å². The monoisotopic (exact) mass is 253 g/mol. The average molecular weight is 253 g/mol. The van der Waals surface area contributed by atoms with Crippen molar-refractivity contribution in [3.63, 3.8) is 0 Å². The molecular formula is C15H21F2N. The number of halogens is 2. The van der Waals surface area contributed by atoms with E-state index in [1.807, 2.05) is 0 Å². The summed E-state index contributed by atoms with van der Waals surface area (Å²) in [5.74, 6) is -0.708. The molecule has 1 N–H and O–H groups in total. The van der Waals surface area contributed by atoms with Gasteiger partial charge in [0, 0.05) is 6.04 Å². The zero-order chi connectivity index (χ0) is 13.0. The van der Waals surface area contributed by atoms with E-state index in [-0.39, 0.29) is 0 Å². The summed E-state index contributed by atoms with van der Waals surface area (Å²) in [6.07, 6.45) is 5.57. The Hall–Kier alpha value is -0.960. The van der Waals surface area contributed by atoms with Gasteiger partial charge in [-0.2, -0.15) is 0 Å². The average Bonchev–Trinajstić information content (AvgIpc) is 3.18. The Morgan fingerprint density at radius 2 is 2.06 bits per heavy atom. The van der Waals surface area contributed by atoms with Gasteiger partial charge in [0.15, 0.2) is 11.6 Å². The van der Waals surface area contributed by atoms with Crippen LogP contribution < -0.4 is 5.32 Å². The lowest BCUT2D eigenvalue weighted by molar-refractivity contribution is 0.435. The molecule has 3 heteroatoms. The normalized spacial score (nSPS) is 16.8. The number of nitrogens with one attached hydrogen (secondary N) is 1. The summed E-state index contributed by atoms with van der Waals surface area (Å²) in [5.41, 5.74) is 0.887. The molecule has 0 bridgehead atoms. The molecule has 0 saturated heterocycles. The Bertz CT molecular complexity index is 388. The lowest BCUT2D eigenvalue weighted by Gasteiger charge is -2.17. The molecule has 1 atom stereocenters. The van der Waals surface area contributed by atoms with E-state index >= 15 is 0 Å². The van der Waals surface area contributed by atoms with Crippen LogP contribution in [-0.4, -0.2) is 12.6 Å². The first-order valence-electron chi connectivity index (χ1n) is 6.88. The van der Waals surface area contributed by atoms with Gasteiger partial charge in [-0.15, -0.1) is 0 Å². The van der Waals surface area contributed by atoms with E-state index in [1.165, 1.54) is 25.0 Å². The highest BCUT2D eigenvalue weighted by Crippen LogP contribution is 2.34. The third-order valence-corrected chi connectivity index (χ3v) is 3.58. The topological polar surface area (TPSA) is 12.0 Å². The highest BCUT2D eigenvalue weighted by atomic mass is 19.2. The van der Waals surface area contributed by atoms with Gasteiger partial charge < -0.3 is 5.32 Å². The Labute approximate surface area is 108 Å². The third kappa shape index (κ3) is 3.77. The smallest absolute Gasteiger partial charge is 0.159 e. The molecule has 2 rings (SSSR count). The van der Waals surface area contributed by atoms with Crippen molar-refractivity contribution in [2.45, 2.75) is 45.1 Å². The van der Waals surface area contributed by atoms with Gasteiger partial charge >= 0.3 is 0 Å². The van der Waals surface area contributed by atoms with Crippen molar-refractivity contribution in [1.29, 1.82) is 0 Å². The molecule has 1 aromatic rings. The molecule has 0 spiro atoms. The molecule has 100 valence electrons. The van der Waals surface area contributed by atoms with Crippen LogP contribution in [0.3, 0.4) is 0 Å². The minimum Gasteiger partial charge on any atom is -0.314 e. The van der Waals surface area contributed by atoms with Gasteiger partial charge in [0.2, 0.25) is 0 Å². The van der Waals surface area contributed by atoms with E-state index in [9.17, 15) is 8.78 Å². The van der Waals surface area contributed by atoms with Crippen molar-refractivity contribution in [1.82, 2.24) is 5.32 Å². The second kappa shape index (κ2) is 6.28. The van der Waals surface area contributed by atoms with Crippen molar-refractivity contribution in [2.24, 2.45) is 5.92 Å². The fourth-order valence-corrected chi connectivity index (χ4v) is 2.35. The second-order valence-corrected chi connectivity index (χ2v) is 5.19. The van der Waals surface area contributed by atoms with Gasteiger partial charge in [-0.05, 0) is 62.3 Å². The van der Waals surface area contributed by atoms with Crippen LogP contribution in [-0.2, 0) is 6.42 Å². The highest BCUT2D eigenvalue weighted by Gasteiger charge is 2.30. The van der Waals surface area contributed by atoms with Crippen molar-refractivity contribution in [3.8, 4) is 0 Å². The maximum Gasteiger partial charge on any atom is 0.159 e. The Morgan fingerprint density at radius 3 is 2.67 bits per heavy atom. The van der Waals surface area contributed by atoms with Crippen LogP contribution in [0.5, 0.6) is 0 Å². The number of benzene rings is 1. The molecular weight excluding hydrogens is 232 g/mol. The van der Waals surface area contributed by atoms with Crippen molar-refractivity contribution >= 4 is 0 Å². The zero-order valence-corrected chi connectivity index (χ0v) is 10.9. The quantitative estimate of drug-likeness (QED) is 0.781. The van der Waals surface area contributed by atoms with Crippen LogP contribution in [0.15, 0.2) is 18.2 Å². The van der Waals surface area contributed by atoms with Crippen molar-refractivity contribution < 1.29 is 8.78 Å². The largest absolute Gasteiger partial charge is 0.314 e. The molecule has 1 unspecified atom stereocenters. The predicted octanol–water partition coefficient (Wildman–Crippen LogP) is 3.68. The van der Waals surface area contributed by atoms with E-state index in [2.05, 4.69) is 12.2 Å². The molecule has 1 nitrogen and oxygen atoms in total. The van der Waals surface area contributed by atoms with Gasteiger partial charge in [0.25, 0.3) is 0 Å². The second-order valence-electron chi connectivity index (χ2n) is 5.19. The maximum atomic E-state index is 13.1. The van der Waals surface area contributed by atoms with Crippen LogP contribution in [0.25, 0.3) is 0 Å². The molecule has 0 radical (unpaired) electrons. The summed E-state index contributed by atoms with van der Waals surface area (Å²) < 4.78 is 25.9. The summed E-state index contributed by atoms with van der Waals surface area (Å²) in [5, 5.41) is 3.56. The fraction of sp³-hybridized carbons (Fsp3) is 0.600. The van der Waals surface area contributed by atoms with Crippen molar-refractivity contribution in [3.05, 3.63) is 35.4 Å². The van der Waals surface area contributed by atoms with Crippen LogP contribution >= 0.6 is 0 Å². The number of hydrogen-bond acceptors (Lipinski definition) is 1. The SMILES string of the molecule is CCCNC(CCc1ccc(F)c(F)c1)C1CC1. The summed E-state index contributed by atoms with van der Waals surface area (Å²) in [6.45, 7) is 3.20. The van der Waals surface area contributed by atoms with Gasteiger partial charge in [-0.3, -0.25) is 0 Å². The first-order chi connectivity index (χ1) is 8.70. The number of hydrogen-bond donors (Lipinski definition) is 1. The summed E-state index contributed by atoms with van der Waals surface area (Å²) in [4.78, 5) is 0. The fourth-order valence-electron chi connectivity index (χ4n) is 2.35. The van der Waals surface area contributed by atoms with Crippen molar-refractivity contribution in [2.75, 3.05) is 6.54 Å². The van der Waals surface area contributed by atoms with E-state index < -0.39 is 11.6 Å². The predicted molar refractivity (Wildman–Crippen MR) is 69.5 cm³/mol. The Morgan fingerprint density at radius 1 is 1.28 bits per heavy atom. The van der Waals surface area contributed by atoms with Gasteiger partial charge in [0.05, 0.1) is 0 Å². The third-order valence-electron chi connectivity index (χ3n) is 3.58. The molecule has 1 fully saturated rings. The first kappa shape index (κ1) is 13.5. The Kier molecular flexibility index (Phi) is 4.70. The van der Waals surface area contributed by atoms with Crippen LogP contribution in [0.4, 0.5) is 8.78 Å². The molecule has 1 aliphatic rings. The minimum absolute atomic E-state index is 0.540. The van der Waals surface area contributed by atoms with E-state index in [0.29, 0.717) is 6.04 Å². The lowest BCUT2D eigenvalue weighted by Crippen LogP contribution is -2.32. The lowest BCUT2D eigenvalue weighted by atomic mass is 10.0. The van der Waals surface area contributed by atoms with E-state index in [1.54, 1.807) is 6.07 Å². The molecule has 1 saturated carbocycles. The first-order valence-corrected chi connectivity index (χ1v) is 6.88. The van der Waals surface area contributed by atoms with Gasteiger partial charge in [-0.25, -0.2) is 8.78 Å². The molecule has 18 heavy (non-hydrogen) atoms. The molecule has 1 aromatic carbocycles. The molecule has 1 aliphatic carbocycles. The standard InChI is InChI=1S/C15H21F2N/c1-2-9-18-15(12-5-6-12)8-4-11-3-7-13(16)14(17)10-11/h3,7,10,12,15,18H,2,4-6,8-9H2,1H3. The molecule has 0 aromatic heterocycles. The zero-order valence-electron chi connectivity index (χ0n) is 10.9. The summed E-state index contributed by atoms with van der Waals surface area (Å²) >= 11 is 0. The van der Waals surface area contributed by atoms with Gasteiger partial charge in [-0.1, -0.05) is 13.0 Å². The number of rotatable bonds is 7. The molecule has 0 amide bonds. The Balaban J connectivity index is 1.86.